The summed E-state index contributed by atoms with van der Waals surface area (Å²) in [4.78, 5) is 14.3. The van der Waals surface area contributed by atoms with Crippen LogP contribution in [0.4, 0.5) is 0 Å². The van der Waals surface area contributed by atoms with E-state index >= 15 is 0 Å². The Bertz CT molecular complexity index is 399. The van der Waals surface area contributed by atoms with Crippen LogP contribution in [0, 0.1) is 0 Å². The third-order valence-corrected chi connectivity index (χ3v) is 3.76. The van der Waals surface area contributed by atoms with Crippen LogP contribution in [0.1, 0.15) is 30.4 Å². The van der Waals surface area contributed by atoms with E-state index in [1.165, 1.54) is 24.0 Å². The number of carbonyl (C=O) groups is 1. The Kier molecular flexibility index (Phi) is 2.85. The molecule has 0 aromatic heterocycles. The molecule has 0 saturated carbocycles. The summed E-state index contributed by atoms with van der Waals surface area (Å²) in [5, 5.41) is 3.33. The van der Waals surface area contributed by atoms with Crippen molar-refractivity contribution in [3.63, 3.8) is 0 Å². The summed E-state index contributed by atoms with van der Waals surface area (Å²) in [6.07, 6.45) is 3.36. The van der Waals surface area contributed by atoms with Gasteiger partial charge in [0.1, 0.15) is 0 Å². The van der Waals surface area contributed by atoms with E-state index in [0.29, 0.717) is 0 Å². The normalized spacial score (nSPS) is 23.5. The predicted molar refractivity (Wildman–Crippen MR) is 66.3 cm³/mol. The molecule has 3 rings (SSSR count). The molecule has 0 bridgehead atoms. The van der Waals surface area contributed by atoms with Crippen molar-refractivity contribution in [3.05, 3.63) is 35.4 Å². The molecule has 90 valence electrons. The first-order valence-corrected chi connectivity index (χ1v) is 6.43. The molecule has 1 amide bonds. The highest BCUT2D eigenvalue weighted by Crippen LogP contribution is 2.23. The first-order valence-electron chi connectivity index (χ1n) is 6.43. The Balaban J connectivity index is 1.69. The van der Waals surface area contributed by atoms with Crippen molar-refractivity contribution in [2.75, 3.05) is 6.54 Å². The van der Waals surface area contributed by atoms with E-state index in [1.54, 1.807) is 0 Å². The number of carbonyl (C=O) groups excluding carboxylic acids is 1. The lowest BCUT2D eigenvalue weighted by atomic mass is 10.0. The molecule has 1 N–H and O–H groups in total. The molecular weight excluding hydrogens is 212 g/mol. The molecule has 2 heterocycles. The van der Waals surface area contributed by atoms with Gasteiger partial charge in [-0.05, 0) is 30.5 Å². The molecule has 0 aliphatic carbocycles. The number of fused-ring (bicyclic) bond motifs is 1. The fraction of sp³-hybridized carbons (Fsp3) is 0.500. The van der Waals surface area contributed by atoms with E-state index in [-0.39, 0.29) is 11.9 Å². The van der Waals surface area contributed by atoms with E-state index in [1.807, 2.05) is 17.0 Å². The average molecular weight is 230 g/mol. The molecule has 2 aliphatic heterocycles. The second-order valence-electron chi connectivity index (χ2n) is 4.97. The molecule has 0 spiro atoms. The lowest BCUT2D eigenvalue weighted by molar-refractivity contribution is -0.134. The Hall–Kier alpha value is -1.35. The van der Waals surface area contributed by atoms with Crippen molar-refractivity contribution >= 4 is 5.91 Å². The van der Waals surface area contributed by atoms with Gasteiger partial charge in [-0.1, -0.05) is 30.7 Å². The Morgan fingerprint density at radius 2 is 1.88 bits per heavy atom. The molecule has 17 heavy (non-hydrogen) atoms. The van der Waals surface area contributed by atoms with Gasteiger partial charge in [0.05, 0.1) is 6.04 Å². The molecule has 1 atom stereocenters. The Morgan fingerprint density at radius 1 is 1.18 bits per heavy atom. The van der Waals surface area contributed by atoms with E-state index in [4.69, 9.17) is 0 Å². The van der Waals surface area contributed by atoms with Gasteiger partial charge in [-0.15, -0.1) is 0 Å². The summed E-state index contributed by atoms with van der Waals surface area (Å²) in [5.74, 6) is 0.279. The summed E-state index contributed by atoms with van der Waals surface area (Å²) < 4.78 is 0. The van der Waals surface area contributed by atoms with Crippen LogP contribution in [-0.2, 0) is 17.9 Å². The van der Waals surface area contributed by atoms with E-state index in [2.05, 4.69) is 17.4 Å². The van der Waals surface area contributed by atoms with Crippen LogP contribution < -0.4 is 5.32 Å². The third-order valence-electron chi connectivity index (χ3n) is 3.76. The monoisotopic (exact) mass is 230 g/mol. The van der Waals surface area contributed by atoms with Gasteiger partial charge >= 0.3 is 0 Å². The maximum atomic E-state index is 12.3. The van der Waals surface area contributed by atoms with Gasteiger partial charge in [0, 0.05) is 13.1 Å². The van der Waals surface area contributed by atoms with Gasteiger partial charge in [0.15, 0.2) is 0 Å². The fourth-order valence-electron chi connectivity index (χ4n) is 2.77. The van der Waals surface area contributed by atoms with Gasteiger partial charge in [0.2, 0.25) is 5.91 Å². The number of nitrogens with zero attached hydrogens (tertiary/aromatic N) is 1. The van der Waals surface area contributed by atoms with Gasteiger partial charge < -0.3 is 10.2 Å². The van der Waals surface area contributed by atoms with Crippen molar-refractivity contribution < 1.29 is 4.79 Å². The van der Waals surface area contributed by atoms with Crippen molar-refractivity contribution in [2.45, 2.75) is 38.4 Å². The minimum Gasteiger partial charge on any atom is -0.333 e. The molecule has 3 heteroatoms. The zero-order valence-electron chi connectivity index (χ0n) is 9.98. The largest absolute Gasteiger partial charge is 0.333 e. The summed E-state index contributed by atoms with van der Waals surface area (Å²) in [6.45, 7) is 2.55. The van der Waals surface area contributed by atoms with Gasteiger partial charge in [-0.2, -0.15) is 0 Å². The zero-order chi connectivity index (χ0) is 11.7. The second-order valence-corrected chi connectivity index (χ2v) is 4.97. The molecular formula is C14H18N2O. The van der Waals surface area contributed by atoms with Crippen molar-refractivity contribution in [2.24, 2.45) is 0 Å². The SMILES string of the molecule is O=C(C1CCCCN1)N1Cc2ccccc2C1. The molecule has 2 aliphatic rings. The molecule has 1 aromatic rings. The molecule has 1 fully saturated rings. The van der Waals surface area contributed by atoms with Crippen LogP contribution in [-0.4, -0.2) is 23.4 Å². The summed E-state index contributed by atoms with van der Waals surface area (Å²) in [7, 11) is 0. The number of hydrogen-bond donors (Lipinski definition) is 1. The number of hydrogen-bond acceptors (Lipinski definition) is 2. The van der Waals surface area contributed by atoms with Gasteiger partial charge in [0.25, 0.3) is 0 Å². The molecule has 1 aromatic carbocycles. The Morgan fingerprint density at radius 3 is 2.47 bits per heavy atom. The Labute approximate surface area is 102 Å². The first-order chi connectivity index (χ1) is 8.34. The number of amides is 1. The lowest BCUT2D eigenvalue weighted by Gasteiger charge is -2.27. The highest BCUT2D eigenvalue weighted by molar-refractivity contribution is 5.82. The fourth-order valence-corrected chi connectivity index (χ4v) is 2.77. The quantitative estimate of drug-likeness (QED) is 0.796. The van der Waals surface area contributed by atoms with Crippen LogP contribution in [0.2, 0.25) is 0 Å². The van der Waals surface area contributed by atoms with E-state index in [9.17, 15) is 4.79 Å². The maximum Gasteiger partial charge on any atom is 0.240 e. The molecule has 0 radical (unpaired) electrons. The third kappa shape index (κ3) is 2.07. The molecule has 1 unspecified atom stereocenters. The average Bonchev–Trinajstić information content (AvgIpc) is 2.82. The van der Waals surface area contributed by atoms with Crippen LogP contribution in [0.25, 0.3) is 0 Å². The predicted octanol–water partition coefficient (Wildman–Crippen LogP) is 1.67. The van der Waals surface area contributed by atoms with Crippen LogP contribution >= 0.6 is 0 Å². The minimum absolute atomic E-state index is 0.0538. The van der Waals surface area contributed by atoms with E-state index in [0.717, 1.165) is 26.1 Å². The highest BCUT2D eigenvalue weighted by atomic mass is 16.2. The molecule has 1 saturated heterocycles. The van der Waals surface area contributed by atoms with Gasteiger partial charge in [-0.3, -0.25) is 4.79 Å². The summed E-state index contributed by atoms with van der Waals surface area (Å²) in [5.41, 5.74) is 2.60. The smallest absolute Gasteiger partial charge is 0.240 e. The molecule has 3 nitrogen and oxygen atoms in total. The summed E-state index contributed by atoms with van der Waals surface area (Å²) in [6, 6.07) is 8.39. The van der Waals surface area contributed by atoms with Crippen LogP contribution in [0.15, 0.2) is 24.3 Å². The maximum absolute atomic E-state index is 12.3. The number of benzene rings is 1. The lowest BCUT2D eigenvalue weighted by Crippen LogP contribution is -2.46. The second kappa shape index (κ2) is 4.49. The van der Waals surface area contributed by atoms with Crippen molar-refractivity contribution in [3.8, 4) is 0 Å². The van der Waals surface area contributed by atoms with Crippen molar-refractivity contribution in [1.29, 1.82) is 0 Å². The first kappa shape index (κ1) is 10.8. The topological polar surface area (TPSA) is 32.3 Å². The highest BCUT2D eigenvalue weighted by Gasteiger charge is 2.29. The number of piperidine rings is 1. The van der Waals surface area contributed by atoms with Crippen LogP contribution in [0.5, 0.6) is 0 Å². The zero-order valence-corrected chi connectivity index (χ0v) is 9.98. The van der Waals surface area contributed by atoms with Gasteiger partial charge in [-0.25, -0.2) is 0 Å². The van der Waals surface area contributed by atoms with Crippen LogP contribution in [0.3, 0.4) is 0 Å². The number of nitrogens with one attached hydrogen (secondary N) is 1. The minimum atomic E-state index is 0.0538. The van der Waals surface area contributed by atoms with E-state index < -0.39 is 0 Å². The standard InChI is InChI=1S/C14H18N2O/c17-14(13-7-3-4-8-15-13)16-9-11-5-1-2-6-12(11)10-16/h1-2,5-6,13,15H,3-4,7-10H2. The summed E-state index contributed by atoms with van der Waals surface area (Å²) >= 11 is 0. The number of rotatable bonds is 1. The van der Waals surface area contributed by atoms with Crippen molar-refractivity contribution in [1.82, 2.24) is 10.2 Å².